The molecule has 0 saturated carbocycles. The number of piperazine rings is 1. The second-order valence-electron chi connectivity index (χ2n) is 6.24. The van der Waals surface area contributed by atoms with Crippen LogP contribution in [0.15, 0.2) is 48.5 Å². The third-order valence-electron chi connectivity index (χ3n) is 4.43. The molecule has 0 aromatic heterocycles. The third-order valence-corrected chi connectivity index (χ3v) is 4.69. The van der Waals surface area contributed by atoms with Crippen LogP contribution in [0.4, 0.5) is 17.1 Å². The molecular weight excluding hydrogens is 356 g/mol. The fourth-order valence-corrected chi connectivity index (χ4v) is 3.13. The predicted octanol–water partition coefficient (Wildman–Crippen LogP) is 1.59. The first-order valence-electron chi connectivity index (χ1n) is 8.39. The van der Waals surface area contributed by atoms with Gasteiger partial charge in [0.1, 0.15) is 0 Å². The summed E-state index contributed by atoms with van der Waals surface area (Å²) in [5.41, 5.74) is 1.81. The Morgan fingerprint density at radius 1 is 1.12 bits per heavy atom. The largest absolute Gasteiger partial charge is 0.360 e. The van der Waals surface area contributed by atoms with E-state index >= 15 is 0 Å². The van der Waals surface area contributed by atoms with Gasteiger partial charge in [-0.3, -0.25) is 14.9 Å². The van der Waals surface area contributed by atoms with E-state index in [0.717, 1.165) is 37.6 Å². The van der Waals surface area contributed by atoms with Crippen molar-refractivity contribution in [3.05, 3.63) is 63.7 Å². The Labute approximate surface area is 156 Å². The lowest BCUT2D eigenvalue weighted by Gasteiger charge is -2.33. The van der Waals surface area contributed by atoms with Crippen molar-refractivity contribution in [2.75, 3.05) is 42.9 Å². The van der Waals surface area contributed by atoms with E-state index in [1.54, 1.807) is 36.4 Å². The van der Waals surface area contributed by atoms with Crippen molar-refractivity contribution >= 4 is 34.6 Å². The summed E-state index contributed by atoms with van der Waals surface area (Å²) in [6.45, 7) is 3.70. The van der Waals surface area contributed by atoms with E-state index in [4.69, 9.17) is 11.6 Å². The fourth-order valence-electron chi connectivity index (χ4n) is 3.01. The normalized spacial score (nSPS) is 14.9. The summed E-state index contributed by atoms with van der Waals surface area (Å²) in [6, 6.07) is 13.6. The molecule has 1 amide bonds. The van der Waals surface area contributed by atoms with Crippen LogP contribution in [-0.2, 0) is 4.79 Å². The molecule has 2 aromatic carbocycles. The van der Waals surface area contributed by atoms with E-state index in [9.17, 15) is 14.9 Å². The number of nitrogens with one attached hydrogen (secondary N) is 2. The second kappa shape index (κ2) is 8.16. The van der Waals surface area contributed by atoms with Gasteiger partial charge in [-0.25, -0.2) is 0 Å². The Morgan fingerprint density at radius 2 is 1.73 bits per heavy atom. The minimum absolute atomic E-state index is 0.0221. The van der Waals surface area contributed by atoms with Gasteiger partial charge in [-0.05, 0) is 36.4 Å². The molecule has 1 aliphatic rings. The van der Waals surface area contributed by atoms with Crippen LogP contribution < -0.4 is 15.1 Å². The quantitative estimate of drug-likeness (QED) is 0.614. The molecule has 136 valence electrons. The highest BCUT2D eigenvalue weighted by Crippen LogP contribution is 2.19. The number of anilines is 2. The van der Waals surface area contributed by atoms with Crippen molar-refractivity contribution in [3.63, 3.8) is 0 Å². The molecule has 1 saturated heterocycles. The number of carbonyl (C=O) groups excluding carboxylic acids is 1. The lowest BCUT2D eigenvalue weighted by Crippen LogP contribution is -3.15. The second-order valence-corrected chi connectivity index (χ2v) is 6.68. The minimum atomic E-state index is -0.398. The molecule has 0 aliphatic carbocycles. The Hall–Kier alpha value is -2.64. The number of amides is 1. The van der Waals surface area contributed by atoms with Crippen molar-refractivity contribution in [1.29, 1.82) is 0 Å². The molecule has 2 N–H and O–H groups in total. The lowest BCUT2D eigenvalue weighted by molar-refractivity contribution is -0.892. The summed E-state index contributed by atoms with van der Waals surface area (Å²) >= 11 is 5.84. The van der Waals surface area contributed by atoms with E-state index in [0.29, 0.717) is 11.6 Å². The number of hydrogen-bond donors (Lipinski definition) is 2. The molecular formula is C18H20ClN4O3+. The summed E-state index contributed by atoms with van der Waals surface area (Å²) in [6.07, 6.45) is 0. The van der Waals surface area contributed by atoms with Crippen LogP contribution in [0.2, 0.25) is 5.02 Å². The van der Waals surface area contributed by atoms with E-state index in [-0.39, 0.29) is 11.6 Å². The highest BCUT2D eigenvalue weighted by atomic mass is 35.5. The average Bonchev–Trinajstić information content (AvgIpc) is 2.64. The zero-order valence-corrected chi connectivity index (χ0v) is 14.9. The maximum Gasteiger partial charge on any atom is 0.279 e. The lowest BCUT2D eigenvalue weighted by atomic mass is 10.2. The maximum absolute atomic E-state index is 12.2. The molecule has 26 heavy (non-hydrogen) atoms. The third kappa shape index (κ3) is 4.71. The fraction of sp³-hybridized carbons (Fsp3) is 0.278. The van der Waals surface area contributed by atoms with Crippen molar-refractivity contribution in [2.24, 2.45) is 0 Å². The Kier molecular flexibility index (Phi) is 5.70. The summed E-state index contributed by atoms with van der Waals surface area (Å²) < 4.78 is 0. The summed E-state index contributed by atoms with van der Waals surface area (Å²) in [5, 5.41) is 14.2. The van der Waals surface area contributed by atoms with Gasteiger partial charge in [0.05, 0.1) is 31.1 Å². The van der Waals surface area contributed by atoms with Crippen LogP contribution in [0.25, 0.3) is 0 Å². The molecule has 0 unspecified atom stereocenters. The van der Waals surface area contributed by atoms with Gasteiger partial charge in [-0.2, -0.15) is 0 Å². The predicted molar refractivity (Wildman–Crippen MR) is 101 cm³/mol. The first-order chi connectivity index (χ1) is 12.5. The maximum atomic E-state index is 12.2. The van der Waals surface area contributed by atoms with Gasteiger partial charge in [0.15, 0.2) is 6.54 Å². The summed E-state index contributed by atoms with van der Waals surface area (Å²) in [5.74, 6) is -0.0221. The molecule has 2 aromatic rings. The number of halogens is 1. The highest BCUT2D eigenvalue weighted by molar-refractivity contribution is 6.30. The first-order valence-corrected chi connectivity index (χ1v) is 8.77. The van der Waals surface area contributed by atoms with E-state index in [2.05, 4.69) is 10.2 Å². The molecule has 1 aliphatic heterocycles. The molecule has 0 atom stereocenters. The Morgan fingerprint density at radius 3 is 2.31 bits per heavy atom. The number of carbonyl (C=O) groups is 1. The van der Waals surface area contributed by atoms with Gasteiger partial charge in [-0.15, -0.1) is 0 Å². The van der Waals surface area contributed by atoms with E-state index < -0.39 is 4.92 Å². The highest BCUT2D eigenvalue weighted by Gasteiger charge is 2.22. The van der Waals surface area contributed by atoms with Gasteiger partial charge in [0.2, 0.25) is 0 Å². The van der Waals surface area contributed by atoms with Gasteiger partial charge in [0.25, 0.3) is 11.6 Å². The molecule has 0 spiro atoms. The van der Waals surface area contributed by atoms with Crippen molar-refractivity contribution in [3.8, 4) is 0 Å². The van der Waals surface area contributed by atoms with Gasteiger partial charge in [-0.1, -0.05) is 11.6 Å². The van der Waals surface area contributed by atoms with Crippen LogP contribution >= 0.6 is 11.6 Å². The number of benzene rings is 2. The molecule has 1 heterocycles. The molecule has 0 radical (unpaired) electrons. The summed E-state index contributed by atoms with van der Waals surface area (Å²) in [7, 11) is 0. The topological polar surface area (TPSA) is 79.9 Å². The van der Waals surface area contributed by atoms with Crippen molar-refractivity contribution in [1.82, 2.24) is 0 Å². The van der Waals surface area contributed by atoms with Gasteiger partial charge in [0, 0.05) is 28.5 Å². The number of nitrogens with zero attached hydrogens (tertiary/aromatic N) is 2. The van der Waals surface area contributed by atoms with Crippen LogP contribution in [0.3, 0.4) is 0 Å². The van der Waals surface area contributed by atoms with Crippen LogP contribution in [0.1, 0.15) is 0 Å². The van der Waals surface area contributed by atoms with Gasteiger partial charge < -0.3 is 15.1 Å². The zero-order valence-electron chi connectivity index (χ0n) is 14.2. The van der Waals surface area contributed by atoms with Crippen LogP contribution in [0.5, 0.6) is 0 Å². The van der Waals surface area contributed by atoms with E-state index in [1.807, 2.05) is 0 Å². The Bertz CT molecular complexity index is 772. The minimum Gasteiger partial charge on any atom is -0.360 e. The number of nitro groups is 1. The van der Waals surface area contributed by atoms with E-state index in [1.165, 1.54) is 17.0 Å². The molecule has 8 heteroatoms. The number of hydrogen-bond acceptors (Lipinski definition) is 4. The van der Waals surface area contributed by atoms with Crippen molar-refractivity contribution in [2.45, 2.75) is 0 Å². The number of nitro benzene ring substituents is 1. The number of rotatable bonds is 5. The molecule has 1 fully saturated rings. The first kappa shape index (κ1) is 18.2. The molecule has 7 nitrogen and oxygen atoms in total. The number of quaternary nitrogens is 1. The monoisotopic (exact) mass is 375 g/mol. The number of non-ortho nitro benzene ring substituents is 1. The average molecular weight is 376 g/mol. The van der Waals surface area contributed by atoms with Gasteiger partial charge >= 0.3 is 0 Å². The standard InChI is InChI=1S/C18H19ClN4O3/c19-14-1-3-15(4-2-14)20-18(24)13-21-9-11-22(12-10-21)16-5-7-17(8-6-16)23(25)26/h1-8H,9-13H2,(H,20,24)/p+1. The molecule has 0 bridgehead atoms. The summed E-state index contributed by atoms with van der Waals surface area (Å²) in [4.78, 5) is 25.9. The molecule has 3 rings (SSSR count). The van der Waals surface area contributed by atoms with Crippen LogP contribution in [0, 0.1) is 10.1 Å². The smallest absolute Gasteiger partial charge is 0.279 e. The SMILES string of the molecule is O=C(C[NH+]1CCN(c2ccc([N+](=O)[O-])cc2)CC1)Nc1ccc(Cl)cc1. The van der Waals surface area contributed by atoms with Crippen LogP contribution in [-0.4, -0.2) is 43.6 Å². The zero-order chi connectivity index (χ0) is 18.5. The Balaban J connectivity index is 1.48. The van der Waals surface area contributed by atoms with Crippen molar-refractivity contribution < 1.29 is 14.6 Å².